The Balaban J connectivity index is 1.89. The molecule has 7 nitrogen and oxygen atoms in total. The molecule has 7 heteroatoms. The topological polar surface area (TPSA) is 86.6 Å². The summed E-state index contributed by atoms with van der Waals surface area (Å²) in [6.45, 7) is 1.65. The van der Waals surface area contributed by atoms with Crippen LogP contribution in [-0.2, 0) is 4.79 Å². The Labute approximate surface area is 144 Å². The van der Waals surface area contributed by atoms with E-state index in [0.717, 1.165) is 0 Å². The molecule has 1 N–H and O–H groups in total. The number of carbonyl (C=O) groups is 1. The summed E-state index contributed by atoms with van der Waals surface area (Å²) >= 11 is 0. The molecule has 2 aromatic rings. The molecule has 2 aromatic carbocycles. The second-order valence-electron chi connectivity index (χ2n) is 5.27. The fraction of sp³-hybridized carbons (Fsp3) is 0.222. The molecule has 0 saturated carbocycles. The molecule has 0 bridgehead atoms. The zero-order valence-electron chi connectivity index (χ0n) is 13.8. The van der Waals surface area contributed by atoms with Crippen molar-refractivity contribution in [3.8, 4) is 23.0 Å². The van der Waals surface area contributed by atoms with Gasteiger partial charge in [0.2, 0.25) is 6.79 Å². The van der Waals surface area contributed by atoms with Gasteiger partial charge >= 0.3 is 5.97 Å². The lowest BCUT2D eigenvalue weighted by Gasteiger charge is -2.15. The number of hydrogen-bond donors (Lipinski definition) is 1. The van der Waals surface area contributed by atoms with E-state index in [9.17, 15) is 4.79 Å². The van der Waals surface area contributed by atoms with Gasteiger partial charge in [-0.05, 0) is 31.2 Å². The number of benzene rings is 2. The maximum Gasteiger partial charge on any atom is 0.344 e. The number of hydrogen-bond acceptors (Lipinski definition) is 6. The fourth-order valence-corrected chi connectivity index (χ4v) is 2.26. The van der Waals surface area contributed by atoms with Crippen LogP contribution in [0.5, 0.6) is 23.0 Å². The summed E-state index contributed by atoms with van der Waals surface area (Å²) in [6, 6.07) is 10.6. The molecule has 0 unspecified atom stereocenters. The van der Waals surface area contributed by atoms with Crippen molar-refractivity contribution in [1.82, 2.24) is 0 Å². The number of fused-ring (bicyclic) bond motifs is 1. The van der Waals surface area contributed by atoms with Gasteiger partial charge in [0.1, 0.15) is 0 Å². The Morgan fingerprint density at radius 3 is 2.84 bits per heavy atom. The van der Waals surface area contributed by atoms with Crippen molar-refractivity contribution in [2.75, 3.05) is 13.9 Å². The summed E-state index contributed by atoms with van der Waals surface area (Å²) in [5.74, 6) is 1.01. The molecule has 1 aliphatic heterocycles. The Hall–Kier alpha value is -3.22. The summed E-state index contributed by atoms with van der Waals surface area (Å²) < 4.78 is 21.4. The van der Waals surface area contributed by atoms with E-state index in [-0.39, 0.29) is 6.79 Å². The van der Waals surface area contributed by atoms with Gasteiger partial charge in [-0.2, -0.15) is 0 Å². The molecule has 0 amide bonds. The van der Waals surface area contributed by atoms with Crippen LogP contribution in [0.15, 0.2) is 41.4 Å². The lowest BCUT2D eigenvalue weighted by molar-refractivity contribution is -0.144. The average molecular weight is 343 g/mol. The van der Waals surface area contributed by atoms with E-state index in [1.807, 2.05) is 0 Å². The Morgan fingerprint density at radius 2 is 2.08 bits per heavy atom. The highest BCUT2D eigenvalue weighted by Gasteiger charge is 2.18. The van der Waals surface area contributed by atoms with Gasteiger partial charge in [0, 0.05) is 17.8 Å². The first-order chi connectivity index (χ1) is 12.1. The summed E-state index contributed by atoms with van der Waals surface area (Å²) in [7, 11) is 1.49. The quantitative estimate of drug-likeness (QED) is 0.811. The molecule has 0 aliphatic carbocycles. The molecule has 3 rings (SSSR count). The first kappa shape index (κ1) is 16.6. The van der Waals surface area contributed by atoms with E-state index in [1.54, 1.807) is 42.6 Å². The number of carboxylic acid groups (broad SMARTS) is 1. The molecule has 130 valence electrons. The first-order valence-corrected chi connectivity index (χ1v) is 7.58. The molecule has 0 spiro atoms. The Morgan fingerprint density at radius 1 is 1.28 bits per heavy atom. The van der Waals surface area contributed by atoms with Gasteiger partial charge in [0.25, 0.3) is 0 Å². The van der Waals surface area contributed by atoms with Crippen molar-refractivity contribution in [3.63, 3.8) is 0 Å². The summed E-state index contributed by atoms with van der Waals surface area (Å²) in [6.07, 6.45) is 0.568. The third-order valence-corrected chi connectivity index (χ3v) is 3.58. The minimum absolute atomic E-state index is 0.198. The number of para-hydroxylation sites is 1. The molecule has 25 heavy (non-hydrogen) atoms. The highest BCUT2D eigenvalue weighted by molar-refractivity contribution is 5.87. The lowest BCUT2D eigenvalue weighted by atomic mass is 10.2. The number of aliphatic carboxylic acids is 1. The molecule has 0 fully saturated rings. The molecule has 1 atom stereocenters. The maximum absolute atomic E-state index is 11.1. The van der Waals surface area contributed by atoms with Crippen molar-refractivity contribution in [1.29, 1.82) is 0 Å². The van der Waals surface area contributed by atoms with Gasteiger partial charge in [-0.3, -0.25) is 4.99 Å². The van der Waals surface area contributed by atoms with Crippen LogP contribution in [0.3, 0.4) is 0 Å². The molecular formula is C18H17NO6. The monoisotopic (exact) mass is 343 g/mol. The van der Waals surface area contributed by atoms with Crippen LogP contribution in [0.25, 0.3) is 0 Å². The van der Waals surface area contributed by atoms with Crippen LogP contribution >= 0.6 is 0 Å². The van der Waals surface area contributed by atoms with Crippen molar-refractivity contribution >= 4 is 17.9 Å². The van der Waals surface area contributed by atoms with Crippen molar-refractivity contribution in [2.24, 2.45) is 4.99 Å². The molecule has 1 aliphatic rings. The Bertz CT molecular complexity index is 817. The van der Waals surface area contributed by atoms with Gasteiger partial charge in [-0.1, -0.05) is 6.07 Å². The van der Waals surface area contributed by atoms with Crippen LogP contribution < -0.4 is 18.9 Å². The molecule has 0 aromatic heterocycles. The van der Waals surface area contributed by atoms with Gasteiger partial charge in [0.05, 0.1) is 12.8 Å². The SMILES string of the molecule is COc1cccc(C=Nc2ccc3c(c2)OCO3)c1O[C@@H](C)C(=O)O. The van der Waals surface area contributed by atoms with E-state index in [1.165, 1.54) is 14.0 Å². The first-order valence-electron chi connectivity index (χ1n) is 7.58. The summed E-state index contributed by atoms with van der Waals surface area (Å²) in [5, 5.41) is 9.07. The van der Waals surface area contributed by atoms with Gasteiger partial charge in [-0.15, -0.1) is 0 Å². The maximum atomic E-state index is 11.1. The van der Waals surface area contributed by atoms with Crippen molar-refractivity contribution < 1.29 is 28.8 Å². The smallest absolute Gasteiger partial charge is 0.344 e. The zero-order chi connectivity index (χ0) is 17.8. The number of methoxy groups -OCH3 is 1. The normalized spacial score (nSPS) is 13.7. The van der Waals surface area contributed by atoms with Gasteiger partial charge in [-0.25, -0.2) is 4.79 Å². The summed E-state index contributed by atoms with van der Waals surface area (Å²) in [5.41, 5.74) is 1.27. The van der Waals surface area contributed by atoms with Crippen molar-refractivity contribution in [2.45, 2.75) is 13.0 Å². The number of carboxylic acids is 1. The molecular weight excluding hydrogens is 326 g/mol. The second-order valence-corrected chi connectivity index (χ2v) is 5.27. The largest absolute Gasteiger partial charge is 0.493 e. The predicted molar refractivity (Wildman–Crippen MR) is 90.5 cm³/mol. The van der Waals surface area contributed by atoms with E-state index < -0.39 is 12.1 Å². The molecule has 0 radical (unpaired) electrons. The average Bonchev–Trinajstić information content (AvgIpc) is 3.08. The molecule has 1 heterocycles. The van der Waals surface area contributed by atoms with Gasteiger partial charge in [0.15, 0.2) is 29.1 Å². The van der Waals surface area contributed by atoms with E-state index in [0.29, 0.717) is 34.2 Å². The van der Waals surface area contributed by atoms with Crippen LogP contribution in [0.1, 0.15) is 12.5 Å². The minimum Gasteiger partial charge on any atom is -0.493 e. The minimum atomic E-state index is -1.07. The highest BCUT2D eigenvalue weighted by Crippen LogP contribution is 2.36. The third-order valence-electron chi connectivity index (χ3n) is 3.58. The Kier molecular flexibility index (Phi) is 4.74. The van der Waals surface area contributed by atoms with Crippen LogP contribution in [-0.4, -0.2) is 37.3 Å². The number of nitrogens with zero attached hydrogens (tertiary/aromatic N) is 1. The second kappa shape index (κ2) is 7.12. The third kappa shape index (κ3) is 3.65. The van der Waals surface area contributed by atoms with Gasteiger partial charge < -0.3 is 24.1 Å². The number of ether oxygens (including phenoxy) is 4. The van der Waals surface area contributed by atoms with Crippen LogP contribution in [0, 0.1) is 0 Å². The highest BCUT2D eigenvalue weighted by atomic mass is 16.7. The zero-order valence-corrected chi connectivity index (χ0v) is 13.8. The number of aliphatic imine (C=N–C) groups is 1. The fourth-order valence-electron chi connectivity index (χ4n) is 2.26. The number of rotatable bonds is 6. The van der Waals surface area contributed by atoms with Crippen molar-refractivity contribution in [3.05, 3.63) is 42.0 Å². The van der Waals surface area contributed by atoms with E-state index in [4.69, 9.17) is 24.1 Å². The van der Waals surface area contributed by atoms with E-state index in [2.05, 4.69) is 4.99 Å². The lowest BCUT2D eigenvalue weighted by Crippen LogP contribution is -2.23. The van der Waals surface area contributed by atoms with Crippen LogP contribution in [0.2, 0.25) is 0 Å². The standard InChI is InChI=1S/C18H17NO6/c1-11(18(20)21)25-17-12(4-3-5-15(17)22-2)9-19-13-6-7-14-16(8-13)24-10-23-14/h3-9,11H,10H2,1-2H3,(H,20,21)/t11-/m0/s1. The van der Waals surface area contributed by atoms with Crippen LogP contribution in [0.4, 0.5) is 5.69 Å². The predicted octanol–water partition coefficient (Wildman–Crippen LogP) is 3.03. The molecule has 0 saturated heterocycles. The summed E-state index contributed by atoms with van der Waals surface area (Å²) in [4.78, 5) is 15.5. The van der Waals surface area contributed by atoms with E-state index >= 15 is 0 Å².